The first kappa shape index (κ1) is 19.6. The fraction of sp³-hybridized carbons (Fsp3) is 0.154. The smallest absolute Gasteiger partial charge is 0.165 e. The number of pyridine rings is 1. The number of ether oxygens (including phenoxy) is 1. The van der Waals surface area contributed by atoms with Gasteiger partial charge in [-0.25, -0.2) is 19.9 Å². The lowest BCUT2D eigenvalue weighted by molar-refractivity contribution is 0.122. The molecule has 0 N–H and O–H groups in total. The highest BCUT2D eigenvalue weighted by atomic mass is 16.5. The number of fused-ring (bicyclic) bond motifs is 1. The molecule has 33 heavy (non-hydrogen) atoms. The topological polar surface area (TPSA) is 69.0 Å². The van der Waals surface area contributed by atoms with Gasteiger partial charge in [0.15, 0.2) is 11.5 Å². The monoisotopic (exact) mass is 433 g/mol. The summed E-state index contributed by atoms with van der Waals surface area (Å²) >= 11 is 0. The van der Waals surface area contributed by atoms with Crippen molar-refractivity contribution in [2.75, 3.05) is 31.2 Å². The van der Waals surface area contributed by atoms with Gasteiger partial charge in [-0.05, 0) is 48.5 Å². The minimum Gasteiger partial charge on any atom is -0.378 e. The van der Waals surface area contributed by atoms with Gasteiger partial charge in [0.25, 0.3) is 0 Å². The number of rotatable bonds is 4. The maximum absolute atomic E-state index is 5.50. The standard InChI is InChI=1S/C26H21N6O/c1-2-6-20(7-3-1)32-25(23-11-12-27-18-28-23)30-24-10-9-22(29-26(24)32)19-5-4-8-21(17-19)31-13-15-33-16-14-31/h2-12,17-18H,13-16H2. The summed E-state index contributed by atoms with van der Waals surface area (Å²) in [6, 6.07) is 25.3. The molecule has 1 radical (unpaired) electrons. The largest absolute Gasteiger partial charge is 0.378 e. The van der Waals surface area contributed by atoms with Crippen molar-refractivity contribution in [3.05, 3.63) is 85.3 Å². The minimum atomic E-state index is 0.727. The maximum atomic E-state index is 5.50. The van der Waals surface area contributed by atoms with Crippen molar-refractivity contribution < 1.29 is 4.74 Å². The van der Waals surface area contributed by atoms with Gasteiger partial charge in [-0.15, -0.1) is 0 Å². The summed E-state index contributed by atoms with van der Waals surface area (Å²) in [4.78, 5) is 20.7. The van der Waals surface area contributed by atoms with E-state index in [-0.39, 0.29) is 0 Å². The molecule has 2 aromatic carbocycles. The lowest BCUT2D eigenvalue weighted by Gasteiger charge is -2.29. The summed E-state index contributed by atoms with van der Waals surface area (Å²) < 4.78 is 7.55. The Hall–Kier alpha value is -4.10. The van der Waals surface area contributed by atoms with Crippen LogP contribution in [0.4, 0.5) is 5.69 Å². The average molecular weight is 433 g/mol. The third-order valence-corrected chi connectivity index (χ3v) is 5.79. The van der Waals surface area contributed by atoms with E-state index >= 15 is 0 Å². The van der Waals surface area contributed by atoms with E-state index in [0.29, 0.717) is 0 Å². The molecule has 0 unspecified atom stereocenters. The molecule has 1 aliphatic heterocycles. The number of imidazole rings is 1. The molecule has 0 saturated carbocycles. The van der Waals surface area contributed by atoms with Gasteiger partial charge in [-0.3, -0.25) is 4.57 Å². The van der Waals surface area contributed by atoms with E-state index in [1.807, 2.05) is 47.0 Å². The normalized spacial score (nSPS) is 14.0. The summed E-state index contributed by atoms with van der Waals surface area (Å²) in [7, 11) is 0. The summed E-state index contributed by atoms with van der Waals surface area (Å²) in [6.45, 7) is 3.31. The molecule has 5 aromatic rings. The Labute approximate surface area is 191 Å². The van der Waals surface area contributed by atoms with Gasteiger partial charge in [0.05, 0.1) is 18.9 Å². The van der Waals surface area contributed by atoms with Crippen molar-refractivity contribution in [3.63, 3.8) is 0 Å². The van der Waals surface area contributed by atoms with Crippen LogP contribution < -0.4 is 4.90 Å². The molecule has 0 aliphatic carbocycles. The van der Waals surface area contributed by atoms with Crippen LogP contribution in [0.2, 0.25) is 0 Å². The summed E-state index contributed by atoms with van der Waals surface area (Å²) in [6.07, 6.45) is 3.26. The first-order chi connectivity index (χ1) is 16.4. The second-order valence-electron chi connectivity index (χ2n) is 7.81. The van der Waals surface area contributed by atoms with Crippen LogP contribution in [0.15, 0.2) is 79.3 Å². The van der Waals surface area contributed by atoms with Crippen molar-refractivity contribution in [1.29, 1.82) is 0 Å². The Morgan fingerprint density at radius 2 is 1.73 bits per heavy atom. The van der Waals surface area contributed by atoms with Crippen LogP contribution in [0.1, 0.15) is 0 Å². The lowest BCUT2D eigenvalue weighted by atomic mass is 10.1. The molecule has 7 heteroatoms. The van der Waals surface area contributed by atoms with Crippen molar-refractivity contribution in [2.45, 2.75) is 0 Å². The van der Waals surface area contributed by atoms with E-state index in [4.69, 9.17) is 14.7 Å². The molecule has 3 aromatic heterocycles. The number of nitrogens with zero attached hydrogens (tertiary/aromatic N) is 6. The maximum Gasteiger partial charge on any atom is 0.165 e. The first-order valence-corrected chi connectivity index (χ1v) is 10.9. The molecule has 0 atom stereocenters. The number of hydrogen-bond donors (Lipinski definition) is 0. The summed E-state index contributed by atoms with van der Waals surface area (Å²) in [5.74, 6) is 0.727. The Bertz CT molecular complexity index is 1390. The highest BCUT2D eigenvalue weighted by molar-refractivity contribution is 5.82. The molecule has 0 bridgehead atoms. The van der Waals surface area contributed by atoms with Gasteiger partial charge in [-0.1, -0.05) is 24.3 Å². The Balaban J connectivity index is 1.50. The van der Waals surface area contributed by atoms with Gasteiger partial charge in [-0.2, -0.15) is 0 Å². The number of anilines is 1. The highest BCUT2D eigenvalue weighted by Crippen LogP contribution is 2.30. The van der Waals surface area contributed by atoms with Crippen LogP contribution >= 0.6 is 0 Å². The van der Waals surface area contributed by atoms with Crippen LogP contribution in [-0.4, -0.2) is 50.8 Å². The predicted octanol–water partition coefficient (Wildman–Crippen LogP) is 4.18. The van der Waals surface area contributed by atoms with Crippen LogP contribution in [-0.2, 0) is 4.74 Å². The van der Waals surface area contributed by atoms with Gasteiger partial charge in [0.2, 0.25) is 0 Å². The van der Waals surface area contributed by atoms with E-state index in [0.717, 1.165) is 65.9 Å². The Morgan fingerprint density at radius 1 is 0.848 bits per heavy atom. The molecule has 7 nitrogen and oxygen atoms in total. The zero-order chi connectivity index (χ0) is 22.0. The van der Waals surface area contributed by atoms with Gasteiger partial charge in [0, 0.05) is 36.2 Å². The molecule has 1 fully saturated rings. The van der Waals surface area contributed by atoms with Crippen molar-refractivity contribution in [3.8, 4) is 28.5 Å². The van der Waals surface area contributed by atoms with Crippen molar-refractivity contribution in [1.82, 2.24) is 24.5 Å². The lowest BCUT2D eigenvalue weighted by Crippen LogP contribution is -2.36. The van der Waals surface area contributed by atoms with E-state index in [1.165, 1.54) is 12.0 Å². The van der Waals surface area contributed by atoms with Gasteiger partial charge < -0.3 is 9.64 Å². The van der Waals surface area contributed by atoms with Crippen molar-refractivity contribution >= 4 is 16.9 Å². The predicted molar refractivity (Wildman–Crippen MR) is 127 cm³/mol. The molecule has 6 rings (SSSR count). The SMILES string of the molecule is [c]1ccc(-n2c(-c3ccncn3)nc3ccc(-c4cccc(N5CCOCC5)c4)nc32)cc1. The number of aromatic nitrogens is 5. The van der Waals surface area contributed by atoms with Crippen LogP contribution in [0.3, 0.4) is 0 Å². The van der Waals surface area contributed by atoms with Crippen LogP contribution in [0.25, 0.3) is 39.6 Å². The molecule has 1 saturated heterocycles. The zero-order valence-corrected chi connectivity index (χ0v) is 17.9. The molecular formula is C26H21N6O. The van der Waals surface area contributed by atoms with Crippen molar-refractivity contribution in [2.24, 2.45) is 0 Å². The van der Waals surface area contributed by atoms with Gasteiger partial charge >= 0.3 is 0 Å². The second kappa shape index (κ2) is 8.44. The summed E-state index contributed by atoms with van der Waals surface area (Å²) in [5.41, 5.74) is 6.44. The van der Waals surface area contributed by atoms with E-state index in [2.05, 4.69) is 45.2 Å². The van der Waals surface area contributed by atoms with E-state index in [9.17, 15) is 0 Å². The molecular weight excluding hydrogens is 412 g/mol. The molecule has 4 heterocycles. The molecule has 161 valence electrons. The fourth-order valence-electron chi connectivity index (χ4n) is 4.17. The molecule has 1 aliphatic rings. The van der Waals surface area contributed by atoms with E-state index in [1.54, 1.807) is 6.20 Å². The third kappa shape index (κ3) is 3.72. The number of benzene rings is 2. The quantitative estimate of drug-likeness (QED) is 0.424. The average Bonchev–Trinajstić information content (AvgIpc) is 3.29. The van der Waals surface area contributed by atoms with Crippen LogP contribution in [0.5, 0.6) is 0 Å². The second-order valence-corrected chi connectivity index (χ2v) is 7.81. The van der Waals surface area contributed by atoms with E-state index < -0.39 is 0 Å². The number of morpholine rings is 1. The highest BCUT2D eigenvalue weighted by Gasteiger charge is 2.18. The number of hydrogen-bond acceptors (Lipinski definition) is 6. The van der Waals surface area contributed by atoms with Gasteiger partial charge in [0.1, 0.15) is 17.5 Å². The first-order valence-electron chi connectivity index (χ1n) is 10.9. The molecule has 0 spiro atoms. The third-order valence-electron chi connectivity index (χ3n) is 5.79. The Morgan fingerprint density at radius 3 is 2.55 bits per heavy atom. The molecule has 0 amide bonds. The van der Waals surface area contributed by atoms with Crippen LogP contribution in [0, 0.1) is 6.07 Å². The minimum absolute atomic E-state index is 0.727. The Kier molecular flexibility index (Phi) is 5.01. The fourth-order valence-corrected chi connectivity index (χ4v) is 4.17. The summed E-state index contributed by atoms with van der Waals surface area (Å²) in [5, 5.41) is 0. The zero-order valence-electron chi connectivity index (χ0n) is 17.9.